The summed E-state index contributed by atoms with van der Waals surface area (Å²) < 4.78 is 88.2. The molecular weight excluding hydrogens is 1860 g/mol. The Morgan fingerprint density at radius 3 is 0.912 bits per heavy atom. The highest BCUT2D eigenvalue weighted by molar-refractivity contribution is 7.93. The maximum atomic E-state index is 13.3. The molecule has 3 aliphatic heterocycles. The topological polar surface area (TPSA) is 445 Å². The van der Waals surface area contributed by atoms with Gasteiger partial charge < -0.3 is 61.4 Å². The van der Waals surface area contributed by atoms with E-state index >= 15 is 0 Å². The van der Waals surface area contributed by atoms with Crippen molar-refractivity contribution in [3.05, 3.63) is 236 Å². The van der Waals surface area contributed by atoms with Crippen LogP contribution in [-0.4, -0.2) is 178 Å². The number of hydrogen-bond acceptors (Lipinski definition) is 25. The number of benzene rings is 6. The van der Waals surface area contributed by atoms with Crippen LogP contribution in [0, 0.1) is 0 Å². The Morgan fingerprint density at radius 1 is 0.352 bits per heavy atom. The lowest BCUT2D eigenvalue weighted by atomic mass is 10.1. The van der Waals surface area contributed by atoms with Crippen LogP contribution in [-0.2, 0) is 34.8 Å². The summed E-state index contributed by atoms with van der Waals surface area (Å²) in [6.07, 6.45) is 9.23. The van der Waals surface area contributed by atoms with Crippen LogP contribution in [0.4, 0.5) is 48.5 Å². The van der Waals surface area contributed by atoms with Crippen molar-refractivity contribution in [3.63, 3.8) is 0 Å². The van der Waals surface area contributed by atoms with Gasteiger partial charge in [-0.15, -0.1) is 34.0 Å². The van der Waals surface area contributed by atoms with Crippen LogP contribution >= 0.6 is 104 Å². The summed E-state index contributed by atoms with van der Waals surface area (Å²) in [6, 6.07) is 32.6. The lowest BCUT2D eigenvalue weighted by Gasteiger charge is -2.26. The van der Waals surface area contributed by atoms with E-state index in [1.54, 1.807) is 54.6 Å². The van der Waals surface area contributed by atoms with Gasteiger partial charge in [0.1, 0.15) is 12.6 Å². The Balaban J connectivity index is 0.000000161. The number of rotatable bonds is 27. The number of likely N-dealkylation sites (tertiary alicyclic amines) is 2. The lowest BCUT2D eigenvalue weighted by molar-refractivity contribution is 0.0378. The minimum Gasteiger partial charge on any atom is -0.385 e. The molecule has 0 unspecified atom stereocenters. The number of halogens is 6. The van der Waals surface area contributed by atoms with Gasteiger partial charge in [0.15, 0.2) is 0 Å². The summed E-state index contributed by atoms with van der Waals surface area (Å²) >= 11 is 38.9. The SMILES string of the molecule is O=C(Nc1ccc(-n2c(=O)[nH]c3cc(NCCCN4CCCC4)ccc3c2=O)c(Cl)c1)NS(=O)(=O)c1ccc(Cl)s1.O=C(Nc1ccc(-n2c(=O)[nH]c3cc(NCCCN4CCCCC4)ccc3c2=O)c(Cl)c1)NS(=O)(=O)c1ccc(Cl)s1.O=C(Nc1ccc(-n2c(=O)[nH]c3cc(NCCCN4CCOCC4)ccc3c2=O)c(Cl)c1)NS(=O)(=O)c1ccc(Cl)s1. The van der Waals surface area contributed by atoms with Crippen molar-refractivity contribution >= 4 is 219 Å². The van der Waals surface area contributed by atoms with Gasteiger partial charge in [-0.2, -0.15) is 0 Å². The average Bonchev–Trinajstić information content (AvgIpc) is 1.49. The van der Waals surface area contributed by atoms with E-state index in [0.29, 0.717) is 27.3 Å². The average molecular weight is 1940 g/mol. The molecule has 3 saturated heterocycles. The summed E-state index contributed by atoms with van der Waals surface area (Å²) in [4.78, 5) is 131. The molecule has 15 rings (SSSR count). The number of sulfonamides is 3. The summed E-state index contributed by atoms with van der Waals surface area (Å²) in [5, 5.41) is 18.0. The van der Waals surface area contributed by atoms with E-state index < -0.39 is 81.9 Å². The molecule has 0 spiro atoms. The molecule has 660 valence electrons. The molecule has 0 saturated carbocycles. The Bertz CT molecular complexity index is 6530. The Kier molecular flexibility index (Phi) is 30.8. The predicted octanol–water partition coefficient (Wildman–Crippen LogP) is 13.0. The van der Waals surface area contributed by atoms with Gasteiger partial charge in [0.25, 0.3) is 46.7 Å². The molecular formula is C79H80Cl6N18O16S6. The summed E-state index contributed by atoms with van der Waals surface area (Å²) in [7, 11) is -12.4. The largest absolute Gasteiger partial charge is 0.385 e. The van der Waals surface area contributed by atoms with Gasteiger partial charge >= 0.3 is 35.2 Å². The smallest absolute Gasteiger partial charge is 0.333 e. The third-order valence-corrected chi connectivity index (χ3v) is 29.9. The van der Waals surface area contributed by atoms with Crippen molar-refractivity contribution in [2.75, 3.05) is 124 Å². The number of anilines is 6. The van der Waals surface area contributed by atoms with Crippen LogP contribution in [0.15, 0.2) is 187 Å². The van der Waals surface area contributed by atoms with Gasteiger partial charge in [0.2, 0.25) is 0 Å². The normalized spacial score (nSPS) is 14.1. The Morgan fingerprint density at radius 2 is 0.632 bits per heavy atom. The van der Waals surface area contributed by atoms with Crippen molar-refractivity contribution < 1.29 is 44.4 Å². The van der Waals surface area contributed by atoms with E-state index in [0.717, 1.165) is 176 Å². The fourth-order valence-corrected chi connectivity index (χ4v) is 21.8. The maximum Gasteiger partial charge on any atom is 0.333 e. The van der Waals surface area contributed by atoms with Gasteiger partial charge in [-0.1, -0.05) is 76.0 Å². The number of urea groups is 3. The molecule has 6 amide bonds. The third kappa shape index (κ3) is 24.0. The van der Waals surface area contributed by atoms with Gasteiger partial charge in [-0.25, -0.2) is 81.9 Å². The first-order valence-electron chi connectivity index (χ1n) is 38.8. The van der Waals surface area contributed by atoms with Crippen LogP contribution in [0.1, 0.15) is 51.4 Å². The number of fused-ring (bicyclic) bond motifs is 3. The Hall–Kier alpha value is -10.1. The van der Waals surface area contributed by atoms with Gasteiger partial charge in [-0.05, 0) is 236 Å². The first-order valence-corrected chi connectivity index (χ1v) is 48.0. The molecule has 0 bridgehead atoms. The molecule has 125 heavy (non-hydrogen) atoms. The number of nitrogens with one attached hydrogen (secondary N) is 12. The standard InChI is InChI=1S/C27H28Cl2N6O5S2.C26H26Cl2N6O6S2.C26H26Cl2N6O5S2/c28-20-15-18(31-26(37)33-42(39,40)24-10-9-23(29)41-24)6-8-22(20)35-25(36)19-7-5-17(16-21(19)32-27(35)38)30-11-4-14-34-12-2-1-3-13-34;27-19-14-17(30-25(36)32-42(38,39)23-7-6-22(28)41-23)3-5-21(19)34-24(35)18-4-2-16(15-20(18)31-26(34)37)29-8-1-9-33-10-12-40-13-11-33;27-19-14-17(30-25(36)32-41(38,39)23-9-8-22(28)40-23)5-7-21(19)34-24(35)18-6-4-16(15-20(18)31-26(34)37)29-10-3-13-33-11-1-2-12-33/h5-10,15-16,30H,1-4,11-14H2,(H,32,38)(H2,31,33,37);2-7,14-15,29H,1,8-13H2,(H,31,37)(H2,30,32,36);4-9,14-15,29H,1-3,10-13H2,(H,31,37)(H2,30,32,36). The number of hydrogen-bond donors (Lipinski definition) is 12. The number of amides is 6. The molecule has 0 aliphatic carbocycles. The summed E-state index contributed by atoms with van der Waals surface area (Å²) in [6.45, 7) is 13.3. The highest BCUT2D eigenvalue weighted by Gasteiger charge is 2.26. The number of carbonyl (C=O) groups is 3. The molecule has 0 radical (unpaired) electrons. The number of carbonyl (C=O) groups excluding carboxylic acids is 3. The zero-order chi connectivity index (χ0) is 88.9. The van der Waals surface area contributed by atoms with Crippen molar-refractivity contribution in [2.45, 2.75) is 64.0 Å². The Labute approximate surface area is 755 Å². The zero-order valence-electron chi connectivity index (χ0n) is 65.8. The van der Waals surface area contributed by atoms with Crippen LogP contribution in [0.3, 0.4) is 0 Å². The molecule has 6 aromatic carbocycles. The molecule has 9 heterocycles. The fraction of sp³-hybridized carbons (Fsp3) is 0.278. The second-order valence-electron chi connectivity index (χ2n) is 28.6. The molecule has 6 aromatic heterocycles. The monoisotopic (exact) mass is 1940 g/mol. The number of piperidine rings is 1. The predicted molar refractivity (Wildman–Crippen MR) is 494 cm³/mol. The van der Waals surface area contributed by atoms with E-state index in [2.05, 4.69) is 61.6 Å². The number of ether oxygens (including phenoxy) is 1. The van der Waals surface area contributed by atoms with E-state index in [1.165, 1.54) is 123 Å². The minimum atomic E-state index is -4.13. The van der Waals surface area contributed by atoms with Crippen molar-refractivity contribution in [1.29, 1.82) is 0 Å². The number of aromatic nitrogens is 6. The highest BCUT2D eigenvalue weighted by Crippen LogP contribution is 2.32. The number of H-pyrrole nitrogens is 3. The number of morpholine rings is 1. The van der Waals surface area contributed by atoms with Crippen molar-refractivity contribution in [1.82, 2.24) is 57.5 Å². The minimum absolute atomic E-state index is 0.0142. The molecule has 34 nitrogen and oxygen atoms in total. The number of nitrogens with zero attached hydrogens (tertiary/aromatic N) is 6. The summed E-state index contributed by atoms with van der Waals surface area (Å²) in [5.41, 5.74) is 0.433. The molecule has 0 atom stereocenters. The molecule has 3 aliphatic rings. The van der Waals surface area contributed by atoms with Crippen molar-refractivity contribution in [3.8, 4) is 17.1 Å². The molecule has 12 N–H and O–H groups in total. The van der Waals surface area contributed by atoms with Crippen LogP contribution in [0.5, 0.6) is 0 Å². The second kappa shape index (κ2) is 41.5. The van der Waals surface area contributed by atoms with Gasteiger partial charge in [-0.3, -0.25) is 19.3 Å². The number of thiophene rings is 3. The summed E-state index contributed by atoms with van der Waals surface area (Å²) in [5.74, 6) is 0. The van der Waals surface area contributed by atoms with Crippen LogP contribution < -0.4 is 79.8 Å². The highest BCUT2D eigenvalue weighted by atomic mass is 35.5. The third-order valence-electron chi connectivity index (χ3n) is 19.8. The first-order chi connectivity index (χ1) is 59.8. The molecule has 46 heteroatoms. The maximum absolute atomic E-state index is 13.3. The first kappa shape index (κ1) is 92.5. The van der Waals surface area contributed by atoms with Crippen molar-refractivity contribution in [2.24, 2.45) is 0 Å². The van der Waals surface area contributed by atoms with Crippen LogP contribution in [0.25, 0.3) is 49.8 Å². The quantitative estimate of drug-likeness (QED) is 0.0213. The van der Waals surface area contributed by atoms with Gasteiger partial charge in [0.05, 0.1) is 91.1 Å². The fourth-order valence-electron chi connectivity index (χ4n) is 13.9. The van der Waals surface area contributed by atoms with Crippen LogP contribution in [0.2, 0.25) is 28.1 Å². The zero-order valence-corrected chi connectivity index (χ0v) is 75.3. The second-order valence-corrected chi connectivity index (χ2v) is 40.7. The molecule has 3 fully saturated rings. The van der Waals surface area contributed by atoms with E-state index in [9.17, 15) is 68.4 Å². The number of aromatic amines is 3. The van der Waals surface area contributed by atoms with E-state index in [4.69, 9.17) is 74.3 Å². The van der Waals surface area contributed by atoms with Gasteiger partial charge in [0, 0.05) is 66.8 Å². The van der Waals surface area contributed by atoms with E-state index in [-0.39, 0.29) is 80.2 Å². The molecule has 12 aromatic rings. The lowest BCUT2D eigenvalue weighted by Crippen LogP contribution is -2.37. The van der Waals surface area contributed by atoms with E-state index in [1.807, 2.05) is 14.2 Å².